The van der Waals surface area contributed by atoms with Gasteiger partial charge in [0.05, 0.1) is 11.3 Å². The van der Waals surface area contributed by atoms with Crippen LogP contribution in [0.3, 0.4) is 0 Å². The molecular weight excluding hydrogens is 304 g/mol. The van der Waals surface area contributed by atoms with Crippen molar-refractivity contribution in [2.24, 2.45) is 7.05 Å². The van der Waals surface area contributed by atoms with Crippen molar-refractivity contribution in [3.05, 3.63) is 52.8 Å². The van der Waals surface area contributed by atoms with Gasteiger partial charge in [-0.15, -0.1) is 0 Å². The fourth-order valence-corrected chi connectivity index (χ4v) is 2.56. The van der Waals surface area contributed by atoms with Gasteiger partial charge in [0.15, 0.2) is 0 Å². The Morgan fingerprint density at radius 3 is 2.29 bits per heavy atom. The number of amides is 2. The molecule has 2 aromatic rings. The van der Waals surface area contributed by atoms with E-state index in [-0.39, 0.29) is 11.8 Å². The summed E-state index contributed by atoms with van der Waals surface area (Å²) >= 11 is 0. The van der Waals surface area contributed by atoms with Crippen molar-refractivity contribution in [2.45, 2.75) is 27.3 Å². The van der Waals surface area contributed by atoms with Gasteiger partial charge in [-0.2, -0.15) is 5.10 Å². The molecule has 0 aliphatic heterocycles. The Balaban J connectivity index is 1.98. The number of nitrogens with one attached hydrogen (secondary N) is 1. The zero-order valence-corrected chi connectivity index (χ0v) is 14.7. The molecule has 1 aromatic heterocycles. The number of carbonyl (C=O) groups is 2. The van der Waals surface area contributed by atoms with Crippen LogP contribution in [0.25, 0.3) is 0 Å². The molecule has 0 radical (unpaired) electrons. The van der Waals surface area contributed by atoms with E-state index in [1.807, 2.05) is 32.9 Å². The fourth-order valence-electron chi connectivity index (χ4n) is 2.56. The van der Waals surface area contributed by atoms with E-state index in [1.54, 1.807) is 35.0 Å². The van der Waals surface area contributed by atoms with Crippen LogP contribution >= 0.6 is 0 Å². The number of hydrogen-bond acceptors (Lipinski definition) is 3. The van der Waals surface area contributed by atoms with Crippen molar-refractivity contribution in [2.75, 3.05) is 13.1 Å². The maximum Gasteiger partial charge on any atom is 0.255 e. The third-order valence-corrected chi connectivity index (χ3v) is 3.96. The molecule has 0 fully saturated rings. The molecule has 1 N–H and O–H groups in total. The summed E-state index contributed by atoms with van der Waals surface area (Å²) in [6, 6.07) is 7.34. The molecule has 24 heavy (non-hydrogen) atoms. The predicted molar refractivity (Wildman–Crippen MR) is 92.8 cm³/mol. The minimum absolute atomic E-state index is 0.0292. The van der Waals surface area contributed by atoms with Crippen LogP contribution in [0, 0.1) is 6.92 Å². The van der Waals surface area contributed by atoms with Gasteiger partial charge in [0, 0.05) is 38.4 Å². The van der Waals surface area contributed by atoms with Gasteiger partial charge in [0.2, 0.25) is 0 Å². The molecule has 0 unspecified atom stereocenters. The molecule has 2 rings (SSSR count). The second-order valence-electron chi connectivity index (χ2n) is 5.66. The second kappa shape index (κ2) is 7.77. The molecule has 0 aliphatic rings. The lowest BCUT2D eigenvalue weighted by Crippen LogP contribution is -2.30. The molecule has 0 bridgehead atoms. The Bertz CT molecular complexity index is 715. The van der Waals surface area contributed by atoms with Crippen LogP contribution in [-0.2, 0) is 13.6 Å². The van der Waals surface area contributed by atoms with Crippen molar-refractivity contribution in [3.8, 4) is 0 Å². The van der Waals surface area contributed by atoms with Gasteiger partial charge in [-0.1, -0.05) is 12.1 Å². The van der Waals surface area contributed by atoms with E-state index in [4.69, 9.17) is 0 Å². The Labute approximate surface area is 142 Å². The smallest absolute Gasteiger partial charge is 0.255 e. The monoisotopic (exact) mass is 328 g/mol. The van der Waals surface area contributed by atoms with Gasteiger partial charge in [-0.05, 0) is 38.5 Å². The fraction of sp³-hybridized carbons (Fsp3) is 0.389. The molecule has 128 valence electrons. The summed E-state index contributed by atoms with van der Waals surface area (Å²) in [7, 11) is 1.79. The van der Waals surface area contributed by atoms with E-state index in [2.05, 4.69) is 10.4 Å². The number of carbonyl (C=O) groups excluding carboxylic acids is 2. The first-order valence-corrected chi connectivity index (χ1v) is 8.12. The van der Waals surface area contributed by atoms with Crippen LogP contribution in [0.15, 0.2) is 30.5 Å². The molecule has 0 saturated heterocycles. The van der Waals surface area contributed by atoms with E-state index in [9.17, 15) is 9.59 Å². The van der Waals surface area contributed by atoms with E-state index in [0.717, 1.165) is 5.56 Å². The first kappa shape index (κ1) is 17.7. The summed E-state index contributed by atoms with van der Waals surface area (Å²) in [6.07, 6.45) is 1.70. The standard InChI is InChI=1S/C18H24N4O2/c1-5-22(6-2)18(24)15-9-7-14(8-10-15)11-19-17(23)16-12-21(4)20-13(16)3/h7-10,12H,5-6,11H2,1-4H3,(H,19,23). The lowest BCUT2D eigenvalue weighted by Gasteiger charge is -2.18. The Kier molecular flexibility index (Phi) is 5.73. The molecule has 0 aliphatic carbocycles. The maximum absolute atomic E-state index is 12.3. The molecule has 0 atom stereocenters. The summed E-state index contributed by atoms with van der Waals surface area (Å²) in [6.45, 7) is 7.53. The minimum Gasteiger partial charge on any atom is -0.348 e. The molecule has 0 spiro atoms. The maximum atomic E-state index is 12.3. The topological polar surface area (TPSA) is 67.2 Å². The lowest BCUT2D eigenvalue weighted by atomic mass is 10.1. The van der Waals surface area contributed by atoms with E-state index in [1.165, 1.54) is 0 Å². The molecule has 2 amide bonds. The number of hydrogen-bond donors (Lipinski definition) is 1. The normalized spacial score (nSPS) is 10.5. The van der Waals surface area contributed by atoms with Crippen molar-refractivity contribution < 1.29 is 9.59 Å². The average molecular weight is 328 g/mol. The molecule has 6 nitrogen and oxygen atoms in total. The van der Waals surface area contributed by atoms with Crippen LogP contribution in [0.4, 0.5) is 0 Å². The summed E-state index contributed by atoms with van der Waals surface area (Å²) in [5.74, 6) is -0.120. The van der Waals surface area contributed by atoms with Crippen LogP contribution in [0.1, 0.15) is 45.8 Å². The van der Waals surface area contributed by atoms with E-state index in [0.29, 0.717) is 36.5 Å². The van der Waals surface area contributed by atoms with Crippen molar-refractivity contribution in [3.63, 3.8) is 0 Å². The second-order valence-corrected chi connectivity index (χ2v) is 5.66. The largest absolute Gasteiger partial charge is 0.348 e. The Morgan fingerprint density at radius 1 is 1.17 bits per heavy atom. The number of rotatable bonds is 6. The highest BCUT2D eigenvalue weighted by Gasteiger charge is 2.13. The summed E-state index contributed by atoms with van der Waals surface area (Å²) in [4.78, 5) is 26.2. The molecular formula is C18H24N4O2. The lowest BCUT2D eigenvalue weighted by molar-refractivity contribution is 0.0772. The SMILES string of the molecule is CCN(CC)C(=O)c1ccc(CNC(=O)c2cn(C)nc2C)cc1. The number of aryl methyl sites for hydroxylation is 2. The summed E-state index contributed by atoms with van der Waals surface area (Å²) in [5.41, 5.74) is 2.89. The predicted octanol–water partition coefficient (Wildman–Crippen LogP) is 2.14. The highest BCUT2D eigenvalue weighted by Crippen LogP contribution is 2.09. The zero-order chi connectivity index (χ0) is 17.7. The number of benzene rings is 1. The van der Waals surface area contributed by atoms with Crippen molar-refractivity contribution in [1.29, 1.82) is 0 Å². The molecule has 0 saturated carbocycles. The molecule has 6 heteroatoms. The minimum atomic E-state index is -0.149. The van der Waals surface area contributed by atoms with Crippen LogP contribution < -0.4 is 5.32 Å². The first-order valence-electron chi connectivity index (χ1n) is 8.12. The Hall–Kier alpha value is -2.63. The van der Waals surface area contributed by atoms with Crippen LogP contribution in [-0.4, -0.2) is 39.6 Å². The van der Waals surface area contributed by atoms with Crippen molar-refractivity contribution in [1.82, 2.24) is 20.0 Å². The first-order chi connectivity index (χ1) is 11.5. The van der Waals surface area contributed by atoms with E-state index < -0.39 is 0 Å². The number of nitrogens with zero attached hydrogens (tertiary/aromatic N) is 3. The van der Waals surface area contributed by atoms with Gasteiger partial charge in [0.1, 0.15) is 0 Å². The third kappa shape index (κ3) is 4.01. The van der Waals surface area contributed by atoms with Gasteiger partial charge >= 0.3 is 0 Å². The van der Waals surface area contributed by atoms with Crippen molar-refractivity contribution >= 4 is 11.8 Å². The molecule has 1 aromatic carbocycles. The van der Waals surface area contributed by atoms with Gasteiger partial charge in [-0.3, -0.25) is 14.3 Å². The van der Waals surface area contributed by atoms with Gasteiger partial charge in [-0.25, -0.2) is 0 Å². The van der Waals surface area contributed by atoms with Crippen LogP contribution in [0.5, 0.6) is 0 Å². The van der Waals surface area contributed by atoms with E-state index >= 15 is 0 Å². The Morgan fingerprint density at radius 2 is 1.79 bits per heavy atom. The third-order valence-electron chi connectivity index (χ3n) is 3.96. The highest BCUT2D eigenvalue weighted by atomic mass is 16.2. The van der Waals surface area contributed by atoms with Gasteiger partial charge in [0.25, 0.3) is 11.8 Å². The highest BCUT2D eigenvalue weighted by molar-refractivity contribution is 5.95. The average Bonchev–Trinajstić information content (AvgIpc) is 2.92. The quantitative estimate of drug-likeness (QED) is 0.883. The number of aromatic nitrogens is 2. The zero-order valence-electron chi connectivity index (χ0n) is 14.7. The van der Waals surface area contributed by atoms with Crippen LogP contribution in [0.2, 0.25) is 0 Å². The molecule has 1 heterocycles. The summed E-state index contributed by atoms with van der Waals surface area (Å²) in [5, 5.41) is 7.04. The van der Waals surface area contributed by atoms with Gasteiger partial charge < -0.3 is 10.2 Å². The summed E-state index contributed by atoms with van der Waals surface area (Å²) < 4.78 is 1.62.